The zero-order valence-corrected chi connectivity index (χ0v) is 13.2. The molecule has 1 amide bonds. The number of hydrazone groups is 1. The van der Waals surface area contributed by atoms with Gasteiger partial charge in [0.2, 0.25) is 0 Å². The zero-order chi connectivity index (χ0) is 17.3. The maximum absolute atomic E-state index is 13.3. The van der Waals surface area contributed by atoms with Crippen molar-refractivity contribution in [3.8, 4) is 0 Å². The highest BCUT2D eigenvalue weighted by molar-refractivity contribution is 6.31. The third kappa shape index (κ3) is 3.50. The SMILES string of the molecule is CCCCC1=NN(C(=O)c2cccc(Cl)c2)[C@@](O)(C(F)(F)F)C1. The summed E-state index contributed by atoms with van der Waals surface area (Å²) in [5, 5.41) is 14.2. The Bertz CT molecular complexity index is 633. The van der Waals surface area contributed by atoms with Crippen LogP contribution in [-0.2, 0) is 0 Å². The average molecular weight is 349 g/mol. The minimum Gasteiger partial charge on any atom is -0.362 e. The van der Waals surface area contributed by atoms with Crippen molar-refractivity contribution in [3.63, 3.8) is 0 Å². The summed E-state index contributed by atoms with van der Waals surface area (Å²) in [6.45, 7) is 1.89. The van der Waals surface area contributed by atoms with Crippen molar-refractivity contribution in [1.82, 2.24) is 5.01 Å². The van der Waals surface area contributed by atoms with Crippen LogP contribution in [0.4, 0.5) is 13.2 Å². The van der Waals surface area contributed by atoms with E-state index in [1.165, 1.54) is 24.3 Å². The van der Waals surface area contributed by atoms with Crippen LogP contribution >= 0.6 is 11.6 Å². The lowest BCUT2D eigenvalue weighted by Gasteiger charge is -2.32. The first-order chi connectivity index (χ1) is 10.7. The number of amides is 1. The van der Waals surface area contributed by atoms with Crippen LogP contribution < -0.4 is 0 Å². The van der Waals surface area contributed by atoms with E-state index in [2.05, 4.69) is 5.10 Å². The lowest BCUT2D eigenvalue weighted by molar-refractivity contribution is -0.297. The van der Waals surface area contributed by atoms with E-state index in [0.717, 1.165) is 6.42 Å². The fraction of sp³-hybridized carbons (Fsp3) is 0.467. The first kappa shape index (κ1) is 17.7. The smallest absolute Gasteiger partial charge is 0.362 e. The second kappa shape index (κ2) is 6.49. The van der Waals surface area contributed by atoms with Crippen LogP contribution in [0.5, 0.6) is 0 Å². The topological polar surface area (TPSA) is 52.9 Å². The molecule has 4 nitrogen and oxygen atoms in total. The molecule has 0 bridgehead atoms. The quantitative estimate of drug-likeness (QED) is 0.894. The van der Waals surface area contributed by atoms with Gasteiger partial charge in [0.25, 0.3) is 11.6 Å². The molecular formula is C15H16ClF3N2O2. The van der Waals surface area contributed by atoms with Crippen LogP contribution in [0.2, 0.25) is 5.02 Å². The van der Waals surface area contributed by atoms with E-state index in [0.29, 0.717) is 12.8 Å². The lowest BCUT2D eigenvalue weighted by Crippen LogP contribution is -2.56. The largest absolute Gasteiger partial charge is 0.438 e. The summed E-state index contributed by atoms with van der Waals surface area (Å²) in [5.74, 6) is -1.04. The average Bonchev–Trinajstić information content (AvgIpc) is 2.82. The molecule has 0 saturated carbocycles. The first-order valence-electron chi connectivity index (χ1n) is 7.14. The fourth-order valence-corrected chi connectivity index (χ4v) is 2.51. The molecule has 0 saturated heterocycles. The highest BCUT2D eigenvalue weighted by Crippen LogP contribution is 2.41. The van der Waals surface area contributed by atoms with Gasteiger partial charge >= 0.3 is 6.18 Å². The summed E-state index contributed by atoms with van der Waals surface area (Å²) in [6.07, 6.45) is -4.05. The van der Waals surface area contributed by atoms with Crippen molar-refractivity contribution >= 4 is 23.2 Å². The third-order valence-electron chi connectivity index (χ3n) is 3.58. The molecule has 0 spiro atoms. The zero-order valence-electron chi connectivity index (χ0n) is 12.4. The van der Waals surface area contributed by atoms with Gasteiger partial charge in [-0.25, -0.2) is 0 Å². The molecule has 1 aliphatic rings. The monoisotopic (exact) mass is 348 g/mol. The third-order valence-corrected chi connectivity index (χ3v) is 3.81. The molecule has 1 N–H and O–H groups in total. The molecule has 0 aliphatic carbocycles. The van der Waals surface area contributed by atoms with Gasteiger partial charge in [-0.1, -0.05) is 31.0 Å². The number of carbonyl (C=O) groups excluding carboxylic acids is 1. The van der Waals surface area contributed by atoms with Crippen LogP contribution in [0.3, 0.4) is 0 Å². The second-order valence-corrected chi connectivity index (χ2v) is 5.82. The van der Waals surface area contributed by atoms with Crippen molar-refractivity contribution in [2.75, 3.05) is 0 Å². The lowest BCUT2D eigenvalue weighted by atomic mass is 10.0. The number of alkyl halides is 3. The standard InChI is InChI=1S/C15H16ClF3N2O2/c1-2-3-7-12-9-14(23,15(17,18)19)21(20-12)13(22)10-5-4-6-11(16)8-10/h4-6,8,23H,2-3,7,9H2,1H3/t14-/m0/s1. The maximum Gasteiger partial charge on any atom is 0.438 e. The van der Waals surface area contributed by atoms with Crippen LogP contribution in [0, 0.1) is 0 Å². The molecule has 0 radical (unpaired) electrons. The van der Waals surface area contributed by atoms with Gasteiger partial charge < -0.3 is 5.11 Å². The highest BCUT2D eigenvalue weighted by atomic mass is 35.5. The Morgan fingerprint density at radius 3 is 2.74 bits per heavy atom. The van der Waals surface area contributed by atoms with Crippen molar-refractivity contribution in [2.45, 2.75) is 44.5 Å². The van der Waals surface area contributed by atoms with Crippen molar-refractivity contribution in [3.05, 3.63) is 34.9 Å². The molecule has 1 heterocycles. The summed E-state index contributed by atoms with van der Waals surface area (Å²) in [6, 6.07) is 5.50. The van der Waals surface area contributed by atoms with Gasteiger partial charge in [0.05, 0.1) is 0 Å². The van der Waals surface area contributed by atoms with E-state index in [1.54, 1.807) is 0 Å². The fourth-order valence-electron chi connectivity index (χ4n) is 2.32. The van der Waals surface area contributed by atoms with Crippen LogP contribution in [0.15, 0.2) is 29.4 Å². The molecule has 0 unspecified atom stereocenters. The van der Waals surface area contributed by atoms with Gasteiger partial charge in [-0.3, -0.25) is 4.79 Å². The van der Waals surface area contributed by atoms with Gasteiger partial charge in [-0.15, -0.1) is 0 Å². The molecule has 23 heavy (non-hydrogen) atoms. The van der Waals surface area contributed by atoms with E-state index in [4.69, 9.17) is 11.6 Å². The predicted octanol–water partition coefficient (Wildman–Crippen LogP) is 3.98. The van der Waals surface area contributed by atoms with Crippen LogP contribution in [0.1, 0.15) is 43.0 Å². The van der Waals surface area contributed by atoms with Crippen molar-refractivity contribution in [1.29, 1.82) is 0 Å². The van der Waals surface area contributed by atoms with Crippen molar-refractivity contribution in [2.24, 2.45) is 5.10 Å². The Morgan fingerprint density at radius 2 is 2.17 bits per heavy atom. The van der Waals surface area contributed by atoms with E-state index in [1.807, 2.05) is 6.92 Å². The molecular weight excluding hydrogens is 333 g/mol. The molecule has 0 aromatic heterocycles. The summed E-state index contributed by atoms with van der Waals surface area (Å²) < 4.78 is 39.9. The number of halogens is 4. The summed E-state index contributed by atoms with van der Waals surface area (Å²) in [7, 11) is 0. The van der Waals surface area contributed by atoms with E-state index >= 15 is 0 Å². The summed E-state index contributed by atoms with van der Waals surface area (Å²) in [4.78, 5) is 12.4. The number of nitrogens with zero attached hydrogens (tertiary/aromatic N) is 2. The molecule has 1 aliphatic heterocycles. The summed E-state index contributed by atoms with van der Waals surface area (Å²) in [5.41, 5.74) is -3.24. The molecule has 126 valence electrons. The normalized spacial score (nSPS) is 21.5. The van der Waals surface area contributed by atoms with Gasteiger partial charge in [0.15, 0.2) is 0 Å². The molecule has 1 atom stereocenters. The van der Waals surface area contributed by atoms with Gasteiger partial charge in [-0.2, -0.15) is 23.3 Å². The molecule has 1 aromatic rings. The number of unbranched alkanes of at least 4 members (excludes halogenated alkanes) is 1. The Kier molecular flexibility index (Phi) is 5.01. The second-order valence-electron chi connectivity index (χ2n) is 5.39. The number of carbonyl (C=O) groups is 1. The molecule has 8 heteroatoms. The molecule has 2 rings (SSSR count). The predicted molar refractivity (Wildman–Crippen MR) is 80.2 cm³/mol. The van der Waals surface area contributed by atoms with Gasteiger partial charge in [0.1, 0.15) is 0 Å². The van der Waals surface area contributed by atoms with Crippen LogP contribution in [0.25, 0.3) is 0 Å². The molecule has 0 fully saturated rings. The Labute approximate surface area is 136 Å². The van der Waals surface area contributed by atoms with E-state index in [-0.39, 0.29) is 21.3 Å². The number of hydrogen-bond donors (Lipinski definition) is 1. The number of aliphatic hydroxyl groups is 1. The Balaban J connectivity index is 2.37. The number of rotatable bonds is 4. The van der Waals surface area contributed by atoms with Crippen molar-refractivity contribution < 1.29 is 23.1 Å². The van der Waals surface area contributed by atoms with Gasteiger partial charge in [0, 0.05) is 22.7 Å². The van der Waals surface area contributed by atoms with Crippen LogP contribution in [-0.4, -0.2) is 33.6 Å². The van der Waals surface area contributed by atoms with Gasteiger partial charge in [-0.05, 0) is 31.0 Å². The Hall–Kier alpha value is -1.60. The first-order valence-corrected chi connectivity index (χ1v) is 7.52. The Morgan fingerprint density at radius 1 is 1.48 bits per heavy atom. The number of benzene rings is 1. The minimum absolute atomic E-state index is 0.0688. The summed E-state index contributed by atoms with van der Waals surface area (Å²) >= 11 is 5.76. The highest BCUT2D eigenvalue weighted by Gasteiger charge is 2.63. The molecule has 1 aromatic carbocycles. The van der Waals surface area contributed by atoms with E-state index < -0.39 is 24.2 Å². The number of hydrogen-bond acceptors (Lipinski definition) is 3. The van der Waals surface area contributed by atoms with E-state index in [9.17, 15) is 23.1 Å². The minimum atomic E-state index is -5.02. The maximum atomic E-state index is 13.3.